The maximum absolute atomic E-state index is 12.5. The lowest BCUT2D eigenvalue weighted by Gasteiger charge is -2.15. The van der Waals surface area contributed by atoms with Crippen molar-refractivity contribution in [3.8, 4) is 0 Å². The van der Waals surface area contributed by atoms with Gasteiger partial charge in [0.05, 0.1) is 12.3 Å². The third kappa shape index (κ3) is 5.84. The summed E-state index contributed by atoms with van der Waals surface area (Å²) in [5.74, 6) is -1.43. The Kier molecular flexibility index (Phi) is 7.10. The second-order valence-corrected chi connectivity index (χ2v) is 6.98. The quantitative estimate of drug-likeness (QED) is 0.605. The Morgan fingerprint density at radius 1 is 1.29 bits per heavy atom. The molecule has 0 aromatic carbocycles. The zero-order valence-electron chi connectivity index (χ0n) is 16.6. The Balaban J connectivity index is 0.000000423. The van der Waals surface area contributed by atoms with E-state index in [1.54, 1.807) is 4.90 Å². The molecule has 0 unspecified atom stereocenters. The Morgan fingerprint density at radius 3 is 2.42 bits per heavy atom. The van der Waals surface area contributed by atoms with Gasteiger partial charge in [0.2, 0.25) is 5.91 Å². The molecule has 13 heteroatoms. The fraction of sp³-hybridized carbons (Fsp3) is 0.444. The Morgan fingerprint density at radius 2 is 1.90 bits per heavy atom. The molecule has 0 bridgehead atoms. The van der Waals surface area contributed by atoms with Crippen molar-refractivity contribution in [1.82, 2.24) is 14.5 Å². The van der Waals surface area contributed by atoms with Gasteiger partial charge < -0.3 is 25.1 Å². The van der Waals surface area contributed by atoms with E-state index in [0.29, 0.717) is 13.1 Å². The van der Waals surface area contributed by atoms with Crippen LogP contribution in [0.15, 0.2) is 32.3 Å². The monoisotopic (exact) mass is 446 g/mol. The summed E-state index contributed by atoms with van der Waals surface area (Å²) in [4.78, 5) is 48.9. The first kappa shape index (κ1) is 23.9. The highest BCUT2D eigenvalue weighted by Crippen LogP contribution is 2.28. The molecule has 0 spiro atoms. The molecule has 1 fully saturated rings. The highest BCUT2D eigenvalue weighted by atomic mass is 19.4. The molecule has 2 atom stereocenters. The topological polar surface area (TPSA) is 152 Å². The average Bonchev–Trinajstić information content (AvgIpc) is 3.27. The van der Waals surface area contributed by atoms with Gasteiger partial charge in [-0.05, 0) is 19.1 Å². The number of H-pyrrole nitrogens is 1. The van der Waals surface area contributed by atoms with E-state index in [0.717, 1.165) is 16.1 Å². The van der Waals surface area contributed by atoms with E-state index in [-0.39, 0.29) is 29.9 Å². The molecule has 1 amide bonds. The number of halogens is 3. The number of rotatable bonds is 3. The summed E-state index contributed by atoms with van der Waals surface area (Å²) >= 11 is 0. The van der Waals surface area contributed by atoms with Crippen LogP contribution in [0.4, 0.5) is 13.2 Å². The Hall–Kier alpha value is -3.35. The average molecular weight is 446 g/mol. The minimum atomic E-state index is -5.08. The molecule has 2 aromatic rings. The molecule has 1 aliphatic heterocycles. The number of carbonyl (C=O) groups excluding carboxylic acids is 1. The van der Waals surface area contributed by atoms with Crippen molar-refractivity contribution in [2.24, 2.45) is 12.8 Å². The zero-order chi connectivity index (χ0) is 23.5. The number of nitrogens with zero attached hydrogens (tertiary/aromatic N) is 2. The smallest absolute Gasteiger partial charge is 0.475 e. The number of hydrogen-bond acceptors (Lipinski definition) is 6. The molecule has 0 saturated carbocycles. The number of carboxylic acid groups (broad SMARTS) is 1. The fourth-order valence-electron chi connectivity index (χ4n) is 3.00. The van der Waals surface area contributed by atoms with Gasteiger partial charge in [0, 0.05) is 37.9 Å². The first-order chi connectivity index (χ1) is 14.3. The van der Waals surface area contributed by atoms with E-state index in [9.17, 15) is 27.6 Å². The molecule has 170 valence electrons. The van der Waals surface area contributed by atoms with Crippen LogP contribution < -0.4 is 17.0 Å². The number of aromatic nitrogens is 2. The van der Waals surface area contributed by atoms with Gasteiger partial charge in [-0.3, -0.25) is 14.2 Å². The van der Waals surface area contributed by atoms with E-state index in [4.69, 9.17) is 20.1 Å². The summed E-state index contributed by atoms with van der Waals surface area (Å²) < 4.78 is 38.3. The maximum Gasteiger partial charge on any atom is 0.490 e. The number of nitrogens with two attached hydrogens (primary N) is 1. The third-order valence-electron chi connectivity index (χ3n) is 4.68. The number of carboxylic acids is 1. The summed E-state index contributed by atoms with van der Waals surface area (Å²) in [7, 11) is 1.37. The van der Waals surface area contributed by atoms with Crippen molar-refractivity contribution in [2.75, 3.05) is 13.1 Å². The van der Waals surface area contributed by atoms with Crippen molar-refractivity contribution < 1.29 is 32.3 Å². The molecule has 3 rings (SSSR count). The van der Waals surface area contributed by atoms with Gasteiger partial charge in [-0.2, -0.15) is 13.2 Å². The van der Waals surface area contributed by atoms with Crippen molar-refractivity contribution in [3.63, 3.8) is 0 Å². The second-order valence-electron chi connectivity index (χ2n) is 6.98. The van der Waals surface area contributed by atoms with Gasteiger partial charge in [-0.25, -0.2) is 9.59 Å². The van der Waals surface area contributed by atoms with Gasteiger partial charge in [0.25, 0.3) is 5.56 Å². The normalized spacial score (nSPS) is 18.5. The van der Waals surface area contributed by atoms with Crippen LogP contribution in [0.25, 0.3) is 0 Å². The van der Waals surface area contributed by atoms with Crippen molar-refractivity contribution in [3.05, 3.63) is 56.3 Å². The highest BCUT2D eigenvalue weighted by Gasteiger charge is 2.38. The van der Waals surface area contributed by atoms with Gasteiger partial charge >= 0.3 is 17.8 Å². The van der Waals surface area contributed by atoms with E-state index in [1.807, 2.05) is 19.1 Å². The molecule has 10 nitrogen and oxygen atoms in total. The molecule has 1 saturated heterocycles. The minimum absolute atomic E-state index is 0.0546. The number of nitrogens with one attached hydrogen (secondary N) is 1. The molecule has 0 aliphatic carbocycles. The van der Waals surface area contributed by atoms with Crippen LogP contribution in [0.1, 0.15) is 23.0 Å². The lowest BCUT2D eigenvalue weighted by Crippen LogP contribution is -2.38. The molecule has 31 heavy (non-hydrogen) atoms. The number of alkyl halides is 3. The lowest BCUT2D eigenvalue weighted by molar-refractivity contribution is -0.192. The number of furan rings is 1. The number of aliphatic carboxylic acids is 1. The number of likely N-dealkylation sites (tertiary alicyclic amines) is 1. The van der Waals surface area contributed by atoms with Gasteiger partial charge in [0.1, 0.15) is 11.5 Å². The minimum Gasteiger partial charge on any atom is -0.475 e. The van der Waals surface area contributed by atoms with E-state index >= 15 is 0 Å². The van der Waals surface area contributed by atoms with Gasteiger partial charge in [0.15, 0.2) is 0 Å². The molecule has 4 N–H and O–H groups in total. The number of aromatic amines is 1. The zero-order valence-corrected chi connectivity index (χ0v) is 16.6. The number of amides is 1. The van der Waals surface area contributed by atoms with Gasteiger partial charge in [-0.1, -0.05) is 0 Å². The molecule has 2 aromatic heterocycles. The SMILES string of the molecule is Cc1ccc([C@H]2CN(C(=O)Cc3c[nH]c(=O)n(C)c3=O)C[C@@H]2N)o1.O=C(O)C(F)(F)F. The first-order valence-corrected chi connectivity index (χ1v) is 8.98. The number of aryl methyl sites for hydroxylation is 1. The van der Waals surface area contributed by atoms with Crippen LogP contribution in [-0.4, -0.2) is 56.7 Å². The summed E-state index contributed by atoms with van der Waals surface area (Å²) in [5.41, 5.74) is 5.43. The van der Waals surface area contributed by atoms with Crippen molar-refractivity contribution in [1.29, 1.82) is 0 Å². The van der Waals surface area contributed by atoms with Gasteiger partial charge in [-0.15, -0.1) is 0 Å². The predicted molar refractivity (Wildman–Crippen MR) is 100 cm³/mol. The molecular weight excluding hydrogens is 425 g/mol. The van der Waals surface area contributed by atoms with Crippen LogP contribution in [0.3, 0.4) is 0 Å². The summed E-state index contributed by atoms with van der Waals surface area (Å²) in [6.07, 6.45) is -3.86. The van der Waals surface area contributed by atoms with E-state index < -0.39 is 23.4 Å². The Bertz CT molecular complexity index is 1070. The summed E-state index contributed by atoms with van der Waals surface area (Å²) in [5, 5.41) is 7.12. The third-order valence-corrected chi connectivity index (χ3v) is 4.68. The first-order valence-electron chi connectivity index (χ1n) is 8.98. The number of hydrogen-bond donors (Lipinski definition) is 3. The lowest BCUT2D eigenvalue weighted by atomic mass is 10.0. The summed E-state index contributed by atoms with van der Waals surface area (Å²) in [6.45, 7) is 2.72. The van der Waals surface area contributed by atoms with Crippen LogP contribution in [-0.2, 0) is 23.1 Å². The second kappa shape index (κ2) is 9.20. The fourth-order valence-corrected chi connectivity index (χ4v) is 3.00. The summed E-state index contributed by atoms with van der Waals surface area (Å²) in [6, 6.07) is 3.54. The Labute approximate surface area is 173 Å². The number of carbonyl (C=O) groups is 2. The van der Waals surface area contributed by atoms with Crippen LogP contribution in [0.2, 0.25) is 0 Å². The van der Waals surface area contributed by atoms with Crippen molar-refractivity contribution in [2.45, 2.75) is 31.5 Å². The van der Waals surface area contributed by atoms with E-state index in [1.165, 1.54) is 13.2 Å². The van der Waals surface area contributed by atoms with Crippen LogP contribution in [0, 0.1) is 6.92 Å². The van der Waals surface area contributed by atoms with E-state index in [2.05, 4.69) is 4.98 Å². The molecule has 1 aliphatic rings. The predicted octanol–water partition coefficient (Wildman–Crippen LogP) is 0.104. The largest absolute Gasteiger partial charge is 0.490 e. The van der Waals surface area contributed by atoms with Crippen molar-refractivity contribution >= 4 is 11.9 Å². The highest BCUT2D eigenvalue weighted by molar-refractivity contribution is 5.79. The van der Waals surface area contributed by atoms with Crippen LogP contribution in [0.5, 0.6) is 0 Å². The maximum atomic E-state index is 12.5. The molecular formula is C18H21F3N4O6. The van der Waals surface area contributed by atoms with Crippen LogP contribution >= 0.6 is 0 Å². The molecule has 0 radical (unpaired) electrons. The molecule has 3 heterocycles. The standard InChI is InChI=1S/C16H20N4O4.C2HF3O2/c1-9-3-4-13(24-9)11-7-20(8-12(11)17)14(21)5-10-6-18-16(23)19(2)15(10)22;3-2(4,5)1(6)7/h3-4,6,11-12H,5,7-8,17H2,1-2H3,(H,18,23);(H,6,7)/t11-,12-;/m0./s1.